The summed E-state index contributed by atoms with van der Waals surface area (Å²) in [5.41, 5.74) is 0. The monoisotopic (exact) mass is 607 g/mol. The first-order valence-electron chi connectivity index (χ1n) is 3.51. The molecule has 4 nitrogen and oxygen atoms in total. The van der Waals surface area contributed by atoms with Crippen LogP contribution < -0.4 is 48.0 Å². The van der Waals surface area contributed by atoms with E-state index >= 15 is 0 Å². The summed E-state index contributed by atoms with van der Waals surface area (Å²) < 4.78 is 0. The van der Waals surface area contributed by atoms with Gasteiger partial charge in [0.1, 0.15) is 0 Å². The van der Waals surface area contributed by atoms with Crippen LogP contribution in [0.15, 0.2) is 36.9 Å². The van der Waals surface area contributed by atoms with Crippen LogP contribution in [0.5, 0.6) is 0 Å². The van der Waals surface area contributed by atoms with Crippen LogP contribution in [0, 0.1) is 0 Å². The number of nitrogens with zero attached hydrogens (tertiary/aromatic N) is 4. The number of hydrogen-bond donors (Lipinski definition) is 0. The summed E-state index contributed by atoms with van der Waals surface area (Å²) in [6, 6.07) is 3.51. The minimum atomic E-state index is 0. The Hall–Kier alpha value is 0.308. The van der Waals surface area contributed by atoms with E-state index < -0.39 is 0 Å². The predicted molar refractivity (Wildman–Crippen MR) is 43.1 cm³/mol. The van der Waals surface area contributed by atoms with Crippen molar-refractivity contribution in [2.45, 2.75) is 0 Å². The van der Waals surface area contributed by atoms with Gasteiger partial charge < -0.3 is 48.0 Å². The van der Waals surface area contributed by atoms with Gasteiger partial charge in [0.15, 0.2) is 11.6 Å². The van der Waals surface area contributed by atoms with E-state index in [1.54, 1.807) is 36.9 Å². The number of rotatable bonds is 1. The van der Waals surface area contributed by atoms with Crippen molar-refractivity contribution >= 4 is 0 Å². The smallest absolute Gasteiger partial charge is 1.00 e. The Labute approximate surface area is 136 Å². The first-order chi connectivity index (χ1) is 5.97. The molecular formula is C8H6I2N4Pt. The molecule has 0 bridgehead atoms. The van der Waals surface area contributed by atoms with Crippen LogP contribution in [-0.4, -0.2) is 19.9 Å². The van der Waals surface area contributed by atoms with Gasteiger partial charge in [-0.1, -0.05) is 0 Å². The summed E-state index contributed by atoms with van der Waals surface area (Å²) >= 11 is 0. The molecule has 0 unspecified atom stereocenters. The van der Waals surface area contributed by atoms with Crippen molar-refractivity contribution in [2.75, 3.05) is 0 Å². The van der Waals surface area contributed by atoms with E-state index in [1.165, 1.54) is 0 Å². The molecule has 15 heavy (non-hydrogen) atoms. The van der Waals surface area contributed by atoms with Gasteiger partial charge in [0, 0.05) is 24.8 Å². The summed E-state index contributed by atoms with van der Waals surface area (Å²) in [6.07, 6.45) is 6.66. The molecular weight excluding hydrogens is 601 g/mol. The molecule has 0 aliphatic rings. The third-order valence-corrected chi connectivity index (χ3v) is 1.33. The van der Waals surface area contributed by atoms with Gasteiger partial charge in [-0.15, -0.1) is 0 Å². The second-order valence-electron chi connectivity index (χ2n) is 2.14. The normalized spacial score (nSPS) is 7.73. The topological polar surface area (TPSA) is 51.6 Å². The minimum absolute atomic E-state index is 0. The summed E-state index contributed by atoms with van der Waals surface area (Å²) in [5.74, 6) is 1.11. The first kappa shape index (κ1) is 17.7. The van der Waals surface area contributed by atoms with Gasteiger partial charge >= 0.3 is 21.1 Å². The van der Waals surface area contributed by atoms with Crippen LogP contribution in [0.4, 0.5) is 0 Å². The SMILES string of the molecule is [I-].[I-].[Pt+2].c1cnc(-c2ncccn2)nc1. The van der Waals surface area contributed by atoms with Crippen LogP contribution in [0.1, 0.15) is 0 Å². The molecule has 0 saturated heterocycles. The van der Waals surface area contributed by atoms with E-state index in [9.17, 15) is 0 Å². The maximum Gasteiger partial charge on any atom is 2.00 e. The molecule has 2 aromatic heterocycles. The van der Waals surface area contributed by atoms with Gasteiger partial charge in [-0.2, -0.15) is 0 Å². The van der Waals surface area contributed by atoms with E-state index in [4.69, 9.17) is 0 Å². The van der Waals surface area contributed by atoms with E-state index in [0.717, 1.165) is 0 Å². The van der Waals surface area contributed by atoms with E-state index in [0.29, 0.717) is 11.6 Å². The molecule has 7 heteroatoms. The predicted octanol–water partition coefficient (Wildman–Crippen LogP) is -5.06. The van der Waals surface area contributed by atoms with Crippen molar-refractivity contribution in [1.82, 2.24) is 19.9 Å². The molecule has 0 spiro atoms. The van der Waals surface area contributed by atoms with Gasteiger partial charge in [-0.05, 0) is 12.1 Å². The van der Waals surface area contributed by atoms with Crippen LogP contribution in [-0.2, 0) is 21.1 Å². The van der Waals surface area contributed by atoms with Crippen LogP contribution in [0.3, 0.4) is 0 Å². The fourth-order valence-electron chi connectivity index (χ4n) is 0.829. The van der Waals surface area contributed by atoms with Gasteiger partial charge in [0.25, 0.3) is 0 Å². The molecule has 0 saturated carbocycles. The molecule has 0 aromatic carbocycles. The molecule has 82 valence electrons. The summed E-state index contributed by atoms with van der Waals surface area (Å²) in [7, 11) is 0. The van der Waals surface area contributed by atoms with Gasteiger partial charge in [0.2, 0.25) is 0 Å². The fourth-order valence-corrected chi connectivity index (χ4v) is 0.829. The average Bonchev–Trinajstić information content (AvgIpc) is 2.21. The zero-order valence-corrected chi connectivity index (χ0v) is 13.9. The van der Waals surface area contributed by atoms with Crippen LogP contribution >= 0.6 is 0 Å². The molecule has 0 atom stereocenters. The first-order valence-corrected chi connectivity index (χ1v) is 3.51. The van der Waals surface area contributed by atoms with Crippen molar-refractivity contribution in [3.8, 4) is 11.6 Å². The average molecular weight is 607 g/mol. The maximum absolute atomic E-state index is 4.01. The summed E-state index contributed by atoms with van der Waals surface area (Å²) in [4.78, 5) is 16.1. The fraction of sp³-hybridized carbons (Fsp3) is 0. The number of aromatic nitrogens is 4. The second kappa shape index (κ2) is 9.53. The molecule has 0 N–H and O–H groups in total. The van der Waals surface area contributed by atoms with Gasteiger partial charge in [-0.25, -0.2) is 19.9 Å². The molecule has 0 fully saturated rings. The Bertz CT molecular complexity index is 322. The number of hydrogen-bond acceptors (Lipinski definition) is 4. The molecule has 0 aliphatic heterocycles. The van der Waals surface area contributed by atoms with Crippen LogP contribution in [0.25, 0.3) is 11.6 Å². The van der Waals surface area contributed by atoms with Crippen molar-refractivity contribution in [3.05, 3.63) is 36.9 Å². The van der Waals surface area contributed by atoms with E-state index in [1.807, 2.05) is 0 Å². The Morgan fingerprint density at radius 2 is 0.867 bits per heavy atom. The van der Waals surface area contributed by atoms with Crippen LogP contribution in [0.2, 0.25) is 0 Å². The molecule has 0 aliphatic carbocycles. The molecule has 0 radical (unpaired) electrons. The quantitative estimate of drug-likeness (QED) is 0.305. The van der Waals surface area contributed by atoms with E-state index in [-0.39, 0.29) is 69.0 Å². The molecule has 2 heterocycles. The van der Waals surface area contributed by atoms with Gasteiger partial charge in [-0.3, -0.25) is 0 Å². The Kier molecular flexibility index (Phi) is 11.2. The standard InChI is InChI=1S/C8H6N4.2HI.Pt/c1-3-9-7(10-4-1)8-11-5-2-6-12-8;;;/h1-6H;2*1H;/q;;;+2/p-2. The van der Waals surface area contributed by atoms with E-state index in [2.05, 4.69) is 19.9 Å². The number of halogens is 2. The molecule has 0 amide bonds. The molecule has 2 aromatic rings. The summed E-state index contributed by atoms with van der Waals surface area (Å²) in [5, 5.41) is 0. The Morgan fingerprint density at radius 3 is 1.13 bits per heavy atom. The maximum atomic E-state index is 4.01. The largest absolute Gasteiger partial charge is 2.00 e. The van der Waals surface area contributed by atoms with Crippen molar-refractivity contribution in [3.63, 3.8) is 0 Å². The van der Waals surface area contributed by atoms with Crippen molar-refractivity contribution in [1.29, 1.82) is 0 Å². The third kappa shape index (κ3) is 5.26. The molecule has 2 rings (SSSR count). The zero-order valence-electron chi connectivity index (χ0n) is 7.33. The van der Waals surface area contributed by atoms with Gasteiger partial charge in [0.05, 0.1) is 0 Å². The third-order valence-electron chi connectivity index (χ3n) is 1.33. The van der Waals surface area contributed by atoms with Crippen molar-refractivity contribution < 1.29 is 69.0 Å². The summed E-state index contributed by atoms with van der Waals surface area (Å²) in [6.45, 7) is 0. The second-order valence-corrected chi connectivity index (χ2v) is 2.14. The van der Waals surface area contributed by atoms with Crippen molar-refractivity contribution in [2.24, 2.45) is 0 Å². The minimum Gasteiger partial charge on any atom is -1.00 e. The zero-order chi connectivity index (χ0) is 8.23. The Balaban J connectivity index is 0. The Morgan fingerprint density at radius 1 is 0.600 bits per heavy atom.